The molecule has 0 spiro atoms. The third-order valence-corrected chi connectivity index (χ3v) is 11.0. The lowest BCUT2D eigenvalue weighted by Crippen LogP contribution is -2.56. The first-order valence-corrected chi connectivity index (χ1v) is 21.5. The summed E-state index contributed by atoms with van der Waals surface area (Å²) in [5.74, 6) is -1.66. The van der Waals surface area contributed by atoms with E-state index in [1.165, 1.54) is 9.80 Å². The standard InChI is InChI=1S/C23H32N2O6.C23H30N2O6/c2*1-23(2,3)31-22(29)24-18-11-10-17(26)13-16-9-12-19(25(16)20(18)27)21(28)30-14-15-7-5-4-6-8-15/h4-8,16-19,26H,9-14H2,1-3H3,(H,24,29);4-8,16,18-19H,9-14H2,1-3H3,(H,24,29)/t16-,17+,18+,19+;16-,18+,19+/m11/s1. The molecule has 2 aromatic rings. The number of benzene rings is 2. The number of ether oxygens (including phenoxy) is 4. The first-order valence-electron chi connectivity index (χ1n) is 21.5. The van der Waals surface area contributed by atoms with Crippen LogP contribution in [-0.4, -0.2) is 110 Å². The Morgan fingerprint density at radius 1 is 0.613 bits per heavy atom. The number of carbonyl (C=O) groups is 7. The summed E-state index contributed by atoms with van der Waals surface area (Å²) in [7, 11) is 0. The van der Waals surface area contributed by atoms with Crippen LogP contribution in [0.15, 0.2) is 60.7 Å². The highest BCUT2D eigenvalue weighted by Crippen LogP contribution is 2.33. The summed E-state index contributed by atoms with van der Waals surface area (Å²) in [5.41, 5.74) is 0.298. The lowest BCUT2D eigenvalue weighted by Gasteiger charge is -2.36. The van der Waals surface area contributed by atoms with E-state index < -0.39 is 65.6 Å². The molecular formula is C46H62N4O12. The van der Waals surface area contributed by atoms with Crippen LogP contribution in [0.4, 0.5) is 9.59 Å². The summed E-state index contributed by atoms with van der Waals surface area (Å²) < 4.78 is 21.5. The Morgan fingerprint density at radius 2 is 1.05 bits per heavy atom. The summed E-state index contributed by atoms with van der Waals surface area (Å²) in [6.07, 6.45) is 1.67. The third-order valence-electron chi connectivity index (χ3n) is 11.0. The van der Waals surface area contributed by atoms with Gasteiger partial charge in [0.2, 0.25) is 11.8 Å². The molecule has 16 nitrogen and oxygen atoms in total. The number of Topliss-reactive ketones (excluding diaryl/α,β-unsaturated/α-hetero) is 1. The number of alkyl carbamates (subject to hydrolysis) is 2. The highest BCUT2D eigenvalue weighted by Gasteiger charge is 2.47. The number of carbonyl (C=O) groups excluding carboxylic acids is 7. The first kappa shape index (κ1) is 47.5. The summed E-state index contributed by atoms with van der Waals surface area (Å²) in [5, 5.41) is 15.6. The zero-order valence-electron chi connectivity index (χ0n) is 36.6. The minimum atomic E-state index is -0.927. The van der Waals surface area contributed by atoms with Crippen molar-refractivity contribution in [2.45, 2.75) is 173 Å². The Hall–Kier alpha value is -5.51. The van der Waals surface area contributed by atoms with E-state index in [9.17, 15) is 38.7 Å². The van der Waals surface area contributed by atoms with Crippen LogP contribution in [0.25, 0.3) is 0 Å². The number of fused-ring (bicyclic) bond motifs is 2. The number of aliphatic hydroxyl groups is 1. The summed E-state index contributed by atoms with van der Waals surface area (Å²) >= 11 is 0. The molecule has 0 aliphatic carbocycles. The summed E-state index contributed by atoms with van der Waals surface area (Å²) in [4.78, 5) is 92.1. The second kappa shape index (κ2) is 21.0. The van der Waals surface area contributed by atoms with Gasteiger partial charge in [-0.1, -0.05) is 60.7 Å². The highest BCUT2D eigenvalue weighted by atomic mass is 16.6. The molecule has 0 aromatic heterocycles. The minimum Gasteiger partial charge on any atom is -0.459 e. The van der Waals surface area contributed by atoms with Crippen LogP contribution in [0.2, 0.25) is 0 Å². The molecule has 0 saturated carbocycles. The van der Waals surface area contributed by atoms with Gasteiger partial charge in [0.25, 0.3) is 0 Å². The van der Waals surface area contributed by atoms with Crippen molar-refractivity contribution in [3.8, 4) is 0 Å². The molecule has 6 rings (SSSR count). The number of amides is 4. The smallest absolute Gasteiger partial charge is 0.408 e. The van der Waals surface area contributed by atoms with Gasteiger partial charge in [-0.05, 0) is 104 Å². The number of rotatable bonds is 8. The molecule has 4 heterocycles. The number of ketones is 1. The van der Waals surface area contributed by atoms with Gasteiger partial charge in [-0.2, -0.15) is 0 Å². The number of esters is 2. The lowest BCUT2D eigenvalue weighted by atomic mass is 9.96. The Bertz CT molecular complexity index is 1900. The SMILES string of the molecule is CC(C)(C)OC(=O)N[C@H]1CCC(=O)C[C@H]2CC[C@@H](C(=O)OCc3ccccc3)N2C1=O.CC(C)(C)OC(=O)N[C@H]1CC[C@H](O)C[C@H]2CC[C@@H](C(=O)OCc3ccccc3)N2C1=O. The summed E-state index contributed by atoms with van der Waals surface area (Å²) in [6.45, 7) is 10.6. The van der Waals surface area contributed by atoms with Crippen LogP contribution in [0.3, 0.4) is 0 Å². The molecule has 7 atom stereocenters. The molecule has 338 valence electrons. The quantitative estimate of drug-likeness (QED) is 0.230. The van der Waals surface area contributed by atoms with Gasteiger partial charge in [0.05, 0.1) is 6.10 Å². The molecule has 16 heteroatoms. The molecule has 4 saturated heterocycles. The highest BCUT2D eigenvalue weighted by molar-refractivity contribution is 5.93. The third kappa shape index (κ3) is 13.7. The fraction of sp³-hybridized carbons (Fsp3) is 0.587. The van der Waals surface area contributed by atoms with Crippen molar-refractivity contribution in [3.05, 3.63) is 71.8 Å². The molecule has 62 heavy (non-hydrogen) atoms. The van der Waals surface area contributed by atoms with Gasteiger partial charge >= 0.3 is 24.1 Å². The maximum absolute atomic E-state index is 13.3. The monoisotopic (exact) mass is 862 g/mol. The van der Waals surface area contributed by atoms with Crippen LogP contribution in [0.5, 0.6) is 0 Å². The van der Waals surface area contributed by atoms with Gasteiger partial charge in [0, 0.05) is 24.9 Å². The van der Waals surface area contributed by atoms with Crippen molar-refractivity contribution < 1.29 is 57.6 Å². The van der Waals surface area contributed by atoms with Crippen molar-refractivity contribution in [2.75, 3.05) is 0 Å². The van der Waals surface area contributed by atoms with E-state index in [-0.39, 0.29) is 68.6 Å². The molecule has 2 aromatic carbocycles. The molecule has 4 aliphatic heterocycles. The van der Waals surface area contributed by atoms with Crippen molar-refractivity contribution in [1.82, 2.24) is 20.4 Å². The number of hydrogen-bond acceptors (Lipinski definition) is 12. The fourth-order valence-electron chi connectivity index (χ4n) is 8.21. The fourth-order valence-corrected chi connectivity index (χ4v) is 8.21. The number of aliphatic hydroxyl groups excluding tert-OH is 1. The van der Waals surface area contributed by atoms with E-state index in [1.54, 1.807) is 41.5 Å². The normalized spacial score (nSPS) is 25.3. The predicted octanol–water partition coefficient (Wildman–Crippen LogP) is 5.26. The van der Waals surface area contributed by atoms with E-state index in [0.29, 0.717) is 38.5 Å². The van der Waals surface area contributed by atoms with Crippen molar-refractivity contribution in [1.29, 1.82) is 0 Å². The van der Waals surface area contributed by atoms with E-state index in [1.807, 2.05) is 60.7 Å². The Labute approximate surface area is 363 Å². The topological polar surface area (TPSA) is 207 Å². The molecule has 4 amide bonds. The zero-order valence-corrected chi connectivity index (χ0v) is 36.6. The van der Waals surface area contributed by atoms with E-state index in [2.05, 4.69) is 10.6 Å². The van der Waals surface area contributed by atoms with Crippen LogP contribution < -0.4 is 10.6 Å². The second-order valence-electron chi connectivity index (χ2n) is 18.3. The molecule has 4 aliphatic rings. The van der Waals surface area contributed by atoms with E-state index >= 15 is 0 Å². The van der Waals surface area contributed by atoms with Crippen molar-refractivity contribution in [3.63, 3.8) is 0 Å². The van der Waals surface area contributed by atoms with Crippen LogP contribution in [0.1, 0.15) is 117 Å². The van der Waals surface area contributed by atoms with E-state index in [0.717, 1.165) is 11.1 Å². The lowest BCUT2D eigenvalue weighted by molar-refractivity contribution is -0.157. The van der Waals surface area contributed by atoms with Gasteiger partial charge in [-0.25, -0.2) is 19.2 Å². The van der Waals surface area contributed by atoms with Gasteiger partial charge in [-0.15, -0.1) is 0 Å². The van der Waals surface area contributed by atoms with Crippen LogP contribution >= 0.6 is 0 Å². The Morgan fingerprint density at radius 3 is 1.52 bits per heavy atom. The number of nitrogens with one attached hydrogen (secondary N) is 2. The van der Waals surface area contributed by atoms with Gasteiger partial charge in [0.1, 0.15) is 54.4 Å². The van der Waals surface area contributed by atoms with Crippen molar-refractivity contribution in [2.24, 2.45) is 0 Å². The van der Waals surface area contributed by atoms with Gasteiger partial charge in [-0.3, -0.25) is 14.4 Å². The molecule has 0 bridgehead atoms. The predicted molar refractivity (Wildman–Crippen MR) is 225 cm³/mol. The average Bonchev–Trinajstić information content (AvgIpc) is 3.81. The molecule has 0 radical (unpaired) electrons. The largest absolute Gasteiger partial charge is 0.459 e. The molecule has 4 fully saturated rings. The number of nitrogens with zero attached hydrogens (tertiary/aromatic N) is 2. The van der Waals surface area contributed by atoms with E-state index in [4.69, 9.17) is 18.9 Å². The van der Waals surface area contributed by atoms with Gasteiger partial charge < -0.3 is 44.5 Å². The second-order valence-corrected chi connectivity index (χ2v) is 18.3. The summed E-state index contributed by atoms with van der Waals surface area (Å²) in [6, 6.07) is 14.7. The maximum atomic E-state index is 13.3. The Kier molecular flexibility index (Phi) is 16.1. The van der Waals surface area contributed by atoms with Crippen LogP contribution in [-0.2, 0) is 56.1 Å². The first-order chi connectivity index (χ1) is 29.3. The van der Waals surface area contributed by atoms with Crippen molar-refractivity contribution >= 4 is 41.7 Å². The minimum absolute atomic E-state index is 0.0109. The van der Waals surface area contributed by atoms with Crippen LogP contribution in [0, 0.1) is 0 Å². The number of hydrogen-bond donors (Lipinski definition) is 3. The average molecular weight is 863 g/mol. The maximum Gasteiger partial charge on any atom is 0.408 e. The molecular weight excluding hydrogens is 801 g/mol. The van der Waals surface area contributed by atoms with Gasteiger partial charge in [0.15, 0.2) is 0 Å². The zero-order chi connectivity index (χ0) is 45.2. The molecule has 0 unspecified atom stereocenters. The Balaban J connectivity index is 0.000000234. The molecule has 3 N–H and O–H groups in total.